The van der Waals surface area contributed by atoms with E-state index in [4.69, 9.17) is 0 Å². The summed E-state index contributed by atoms with van der Waals surface area (Å²) in [6, 6.07) is 0. The van der Waals surface area contributed by atoms with E-state index >= 15 is 0 Å². The number of hydrogen-bond acceptors (Lipinski definition) is 8. The summed E-state index contributed by atoms with van der Waals surface area (Å²) in [5.74, 6) is -3.22. The van der Waals surface area contributed by atoms with E-state index in [9.17, 15) is 37.3 Å². The summed E-state index contributed by atoms with van der Waals surface area (Å²) in [5, 5.41) is 38.5. The lowest BCUT2D eigenvalue weighted by Gasteiger charge is -2.27. The molecule has 4 N–H and O–H groups in total. The molecule has 0 aromatic rings. The first kappa shape index (κ1) is 21.8. The summed E-state index contributed by atoms with van der Waals surface area (Å²) < 4.78 is 45.7. The Morgan fingerprint density at radius 1 is 0.714 bits per heavy atom. The largest absolute Gasteiger partial charge is 0.504 e. The fourth-order valence-electron chi connectivity index (χ4n) is 3.33. The highest BCUT2D eigenvalue weighted by Gasteiger charge is 2.29. The predicted octanol–water partition coefficient (Wildman–Crippen LogP) is 2.17. The Bertz CT molecular complexity index is 953. The normalized spacial score (nSPS) is 24.5. The zero-order chi connectivity index (χ0) is 21.2. The lowest BCUT2D eigenvalue weighted by Crippen LogP contribution is -2.25. The van der Waals surface area contributed by atoms with Gasteiger partial charge in [0.15, 0.2) is 23.0 Å². The van der Waals surface area contributed by atoms with Crippen molar-refractivity contribution in [3.63, 3.8) is 0 Å². The summed E-state index contributed by atoms with van der Waals surface area (Å²) in [4.78, 5) is -0.0735. The topological polar surface area (TPSA) is 149 Å². The molecule has 4 unspecified atom stereocenters. The second-order valence-electron chi connectivity index (χ2n) is 7.08. The van der Waals surface area contributed by atoms with Gasteiger partial charge in [0.2, 0.25) is 20.6 Å². The second kappa shape index (κ2) is 8.70. The third-order valence-electron chi connectivity index (χ3n) is 5.14. The highest BCUT2D eigenvalue weighted by Crippen LogP contribution is 2.32. The smallest absolute Gasteiger partial charge is 0.218 e. The third-order valence-corrected chi connectivity index (χ3v) is 6.75. The number of aliphatic hydroxyl groups excluding tert-OH is 4. The fraction of sp³-hybridized carbons (Fsp3) is 0.444. The molecule has 0 heterocycles. The minimum absolute atomic E-state index is 0.0367. The Kier molecular flexibility index (Phi) is 6.78. The molecule has 0 bridgehead atoms. The third kappa shape index (κ3) is 4.87. The van der Waals surface area contributed by atoms with Crippen molar-refractivity contribution in [2.75, 3.05) is 0 Å². The first-order valence-corrected chi connectivity index (χ1v) is 10.7. The maximum Gasteiger partial charge on any atom is 0.218 e. The molecule has 8 nitrogen and oxygen atoms in total. The Labute approximate surface area is 165 Å². The number of rotatable bonds is 5. The molecule has 154 valence electrons. The van der Waals surface area contributed by atoms with Crippen LogP contribution in [0.5, 0.6) is 0 Å². The van der Waals surface area contributed by atoms with E-state index in [1.807, 2.05) is 13.8 Å². The highest BCUT2D eigenvalue weighted by atomic mass is 32.2. The monoisotopic (exact) mass is 430 g/mol. The molecular formula is C18H22O8S2. The van der Waals surface area contributed by atoms with Gasteiger partial charge in [-0.05, 0) is 36.8 Å². The van der Waals surface area contributed by atoms with E-state index in [1.54, 1.807) is 0 Å². The molecule has 0 saturated heterocycles. The van der Waals surface area contributed by atoms with Crippen LogP contribution in [0.25, 0.3) is 0 Å². The predicted molar refractivity (Wildman–Crippen MR) is 105 cm³/mol. The van der Waals surface area contributed by atoms with Gasteiger partial charge in [0, 0.05) is 24.0 Å². The fourth-order valence-corrected chi connectivity index (χ4v) is 4.56. The van der Waals surface area contributed by atoms with E-state index < -0.39 is 55.5 Å². The maximum atomic E-state index is 11.4. The first-order chi connectivity index (χ1) is 13.0. The average Bonchev–Trinajstić information content (AvgIpc) is 2.60. The van der Waals surface area contributed by atoms with Crippen molar-refractivity contribution >= 4 is 30.3 Å². The van der Waals surface area contributed by atoms with E-state index in [0.29, 0.717) is 12.8 Å². The van der Waals surface area contributed by atoms with Gasteiger partial charge in [0.25, 0.3) is 0 Å². The molecule has 0 aromatic carbocycles. The van der Waals surface area contributed by atoms with Crippen LogP contribution in [0.2, 0.25) is 0 Å². The lowest BCUT2D eigenvalue weighted by atomic mass is 9.78. The van der Waals surface area contributed by atoms with Crippen molar-refractivity contribution in [2.24, 2.45) is 23.7 Å². The Morgan fingerprint density at radius 2 is 1.04 bits per heavy atom. The summed E-state index contributed by atoms with van der Waals surface area (Å²) in [7, 11) is -5.13. The molecule has 0 amide bonds. The van der Waals surface area contributed by atoms with Gasteiger partial charge in [-0.25, -0.2) is 0 Å². The molecule has 0 radical (unpaired) electrons. The van der Waals surface area contributed by atoms with Crippen LogP contribution in [0.3, 0.4) is 0 Å². The first-order valence-electron chi connectivity index (χ1n) is 8.57. The zero-order valence-corrected chi connectivity index (χ0v) is 16.9. The molecule has 0 saturated carbocycles. The van der Waals surface area contributed by atoms with Crippen molar-refractivity contribution in [2.45, 2.75) is 26.7 Å². The minimum Gasteiger partial charge on any atom is -0.504 e. The molecule has 4 atom stereocenters. The summed E-state index contributed by atoms with van der Waals surface area (Å²) in [6.07, 6.45) is 5.28. The van der Waals surface area contributed by atoms with Crippen molar-refractivity contribution in [1.29, 1.82) is 0 Å². The van der Waals surface area contributed by atoms with Crippen LogP contribution in [0.4, 0.5) is 0 Å². The molecule has 28 heavy (non-hydrogen) atoms. The van der Waals surface area contributed by atoms with E-state index in [1.165, 1.54) is 12.2 Å². The molecule has 0 aliphatic heterocycles. The second-order valence-corrected chi connectivity index (χ2v) is 8.96. The summed E-state index contributed by atoms with van der Waals surface area (Å²) >= 11 is 0. The molecule has 2 rings (SSSR count). The molecule has 10 heteroatoms. The minimum atomic E-state index is -2.56. The maximum absolute atomic E-state index is 11.4. The van der Waals surface area contributed by atoms with Crippen LogP contribution in [0.1, 0.15) is 26.7 Å². The standard InChI is InChI=1S/C18H22O8S2/c1-9(3-11-5-13(19)15(21)7-17(11)27(23)24)10(2)4-12-6-14(20)16(22)8-18(12)28(25)26/h5-12,19-22H,3-4H2,1-2H3. The van der Waals surface area contributed by atoms with Crippen LogP contribution in [-0.4, -0.2) is 47.0 Å². The molecule has 2 aliphatic carbocycles. The molecule has 0 spiro atoms. The molecule has 0 fully saturated rings. The van der Waals surface area contributed by atoms with Crippen molar-refractivity contribution in [3.05, 3.63) is 47.3 Å². The van der Waals surface area contributed by atoms with Crippen LogP contribution in [0.15, 0.2) is 47.3 Å². The highest BCUT2D eigenvalue weighted by molar-refractivity contribution is 7.73. The van der Waals surface area contributed by atoms with Crippen molar-refractivity contribution < 1.29 is 37.3 Å². The van der Waals surface area contributed by atoms with E-state index in [-0.39, 0.29) is 21.6 Å². The van der Waals surface area contributed by atoms with E-state index in [0.717, 1.165) is 12.2 Å². The van der Waals surface area contributed by atoms with Crippen LogP contribution >= 0.6 is 0 Å². The van der Waals surface area contributed by atoms with Crippen molar-refractivity contribution in [1.82, 2.24) is 0 Å². The summed E-state index contributed by atoms with van der Waals surface area (Å²) in [6.45, 7) is 3.74. The van der Waals surface area contributed by atoms with Crippen LogP contribution < -0.4 is 0 Å². The SMILES string of the molecule is CC(CC1C=C(O)C(O)=CC1=S(=O)=O)C(C)CC1C=C(O)C(O)=CC1=S(=O)=O. The van der Waals surface area contributed by atoms with Gasteiger partial charge < -0.3 is 20.4 Å². The summed E-state index contributed by atoms with van der Waals surface area (Å²) in [5.41, 5.74) is 0. The van der Waals surface area contributed by atoms with Gasteiger partial charge in [-0.3, -0.25) is 0 Å². The van der Waals surface area contributed by atoms with E-state index in [2.05, 4.69) is 0 Å². The Morgan fingerprint density at radius 3 is 1.32 bits per heavy atom. The Hall–Kier alpha value is -2.46. The van der Waals surface area contributed by atoms with Gasteiger partial charge in [0.05, 0.1) is 9.73 Å². The van der Waals surface area contributed by atoms with Crippen molar-refractivity contribution in [3.8, 4) is 0 Å². The molecule has 0 aromatic heterocycles. The number of hydrogen-bond donors (Lipinski definition) is 4. The van der Waals surface area contributed by atoms with Gasteiger partial charge in [-0.2, -0.15) is 16.8 Å². The van der Waals surface area contributed by atoms with Gasteiger partial charge in [-0.1, -0.05) is 13.8 Å². The van der Waals surface area contributed by atoms with Crippen LogP contribution in [-0.2, 0) is 20.6 Å². The Balaban J connectivity index is 2.18. The van der Waals surface area contributed by atoms with Gasteiger partial charge >= 0.3 is 0 Å². The average molecular weight is 431 g/mol. The number of allylic oxidation sites excluding steroid dienone is 4. The van der Waals surface area contributed by atoms with Gasteiger partial charge in [0.1, 0.15) is 0 Å². The lowest BCUT2D eigenvalue weighted by molar-refractivity contribution is 0.298. The van der Waals surface area contributed by atoms with Crippen LogP contribution in [0, 0.1) is 23.7 Å². The number of aliphatic hydroxyl groups is 4. The molecular weight excluding hydrogens is 408 g/mol. The van der Waals surface area contributed by atoms with Gasteiger partial charge in [-0.15, -0.1) is 0 Å². The molecule has 2 aliphatic rings. The quantitative estimate of drug-likeness (QED) is 0.485. The zero-order valence-electron chi connectivity index (χ0n) is 15.3.